The molecule has 0 N–H and O–H groups in total. The molecule has 1 aromatic heterocycles. The molecule has 116 valence electrons. The van der Waals surface area contributed by atoms with Crippen LogP contribution in [0.25, 0.3) is 11.5 Å². The lowest BCUT2D eigenvalue weighted by Gasteiger charge is -2.04. The Bertz CT molecular complexity index is 827. The fraction of sp³-hybridized carbons (Fsp3) is 0.111. The second-order valence-corrected chi connectivity index (χ2v) is 6.11. The van der Waals surface area contributed by atoms with Crippen LogP contribution in [-0.2, 0) is 11.3 Å². The Balaban J connectivity index is 1.73. The van der Waals surface area contributed by atoms with Gasteiger partial charge in [0.1, 0.15) is 18.1 Å². The average molecular weight is 419 g/mol. The van der Waals surface area contributed by atoms with E-state index < -0.39 is 0 Å². The van der Waals surface area contributed by atoms with Crippen molar-refractivity contribution in [3.8, 4) is 11.5 Å². The molecule has 0 atom stereocenters. The third-order valence-electron chi connectivity index (χ3n) is 3.35. The zero-order valence-electron chi connectivity index (χ0n) is 12.5. The summed E-state index contributed by atoms with van der Waals surface area (Å²) in [5.41, 5.74) is 2.08. The van der Waals surface area contributed by atoms with E-state index in [0.717, 1.165) is 9.13 Å². The SMILES string of the molecule is Cc1oc(-c2ccccc2)nc1COC(=O)c1ccccc1I. The first-order chi connectivity index (χ1) is 11.1. The Morgan fingerprint density at radius 2 is 1.83 bits per heavy atom. The smallest absolute Gasteiger partial charge is 0.339 e. The predicted octanol–water partition coefficient (Wildman–Crippen LogP) is 4.61. The maximum Gasteiger partial charge on any atom is 0.339 e. The van der Waals surface area contributed by atoms with E-state index >= 15 is 0 Å². The van der Waals surface area contributed by atoms with Crippen molar-refractivity contribution in [3.63, 3.8) is 0 Å². The van der Waals surface area contributed by atoms with Crippen LogP contribution in [0.4, 0.5) is 0 Å². The summed E-state index contributed by atoms with van der Waals surface area (Å²) in [6.07, 6.45) is 0. The zero-order valence-corrected chi connectivity index (χ0v) is 14.6. The highest BCUT2D eigenvalue weighted by Gasteiger charge is 2.15. The van der Waals surface area contributed by atoms with E-state index in [1.54, 1.807) is 6.07 Å². The Morgan fingerprint density at radius 1 is 1.13 bits per heavy atom. The number of aromatic nitrogens is 1. The van der Waals surface area contributed by atoms with Crippen molar-refractivity contribution in [2.24, 2.45) is 0 Å². The van der Waals surface area contributed by atoms with Crippen molar-refractivity contribution in [2.45, 2.75) is 13.5 Å². The first-order valence-corrected chi connectivity index (χ1v) is 8.16. The second-order valence-electron chi connectivity index (χ2n) is 4.94. The van der Waals surface area contributed by atoms with Gasteiger partial charge in [-0.05, 0) is 53.8 Å². The topological polar surface area (TPSA) is 52.3 Å². The Kier molecular flexibility index (Phi) is 4.76. The predicted molar refractivity (Wildman–Crippen MR) is 95.0 cm³/mol. The molecule has 0 spiro atoms. The fourth-order valence-corrected chi connectivity index (χ4v) is 2.71. The van der Waals surface area contributed by atoms with Crippen molar-refractivity contribution in [1.82, 2.24) is 4.98 Å². The van der Waals surface area contributed by atoms with E-state index in [2.05, 4.69) is 27.6 Å². The molecule has 1 heterocycles. The molecule has 0 aliphatic heterocycles. The number of aryl methyl sites for hydroxylation is 1. The van der Waals surface area contributed by atoms with Crippen LogP contribution in [0, 0.1) is 10.5 Å². The molecule has 0 aliphatic rings. The number of halogens is 1. The number of benzene rings is 2. The summed E-state index contributed by atoms with van der Waals surface area (Å²) in [5.74, 6) is 0.821. The molecule has 23 heavy (non-hydrogen) atoms. The lowest BCUT2D eigenvalue weighted by Crippen LogP contribution is -2.07. The summed E-state index contributed by atoms with van der Waals surface area (Å²) in [6.45, 7) is 1.90. The number of rotatable bonds is 4. The molecule has 0 aliphatic carbocycles. The van der Waals surface area contributed by atoms with Crippen molar-refractivity contribution in [3.05, 3.63) is 75.2 Å². The lowest BCUT2D eigenvalue weighted by molar-refractivity contribution is 0.0465. The van der Waals surface area contributed by atoms with E-state index in [0.29, 0.717) is 22.9 Å². The highest BCUT2D eigenvalue weighted by Crippen LogP contribution is 2.22. The van der Waals surface area contributed by atoms with Gasteiger partial charge < -0.3 is 9.15 Å². The number of hydrogen-bond donors (Lipinski definition) is 0. The van der Waals surface area contributed by atoms with Crippen molar-refractivity contribution in [2.75, 3.05) is 0 Å². The van der Waals surface area contributed by atoms with Gasteiger partial charge in [0, 0.05) is 9.13 Å². The van der Waals surface area contributed by atoms with E-state index in [1.807, 2.05) is 55.5 Å². The van der Waals surface area contributed by atoms with Gasteiger partial charge in [-0.15, -0.1) is 0 Å². The third-order valence-corrected chi connectivity index (χ3v) is 4.29. The highest BCUT2D eigenvalue weighted by molar-refractivity contribution is 14.1. The average Bonchev–Trinajstić information content (AvgIpc) is 2.95. The number of esters is 1. The number of hydrogen-bond acceptors (Lipinski definition) is 4. The first kappa shape index (κ1) is 15.7. The minimum atomic E-state index is -0.362. The van der Waals surface area contributed by atoms with Crippen molar-refractivity contribution < 1.29 is 13.9 Å². The molecule has 3 rings (SSSR count). The summed E-state index contributed by atoms with van der Waals surface area (Å²) >= 11 is 2.11. The maximum absolute atomic E-state index is 12.1. The van der Waals surface area contributed by atoms with Gasteiger partial charge in [-0.1, -0.05) is 30.3 Å². The van der Waals surface area contributed by atoms with Crippen LogP contribution >= 0.6 is 22.6 Å². The summed E-state index contributed by atoms with van der Waals surface area (Å²) in [7, 11) is 0. The Labute approximate surface area is 147 Å². The van der Waals surface area contributed by atoms with Gasteiger partial charge in [0.05, 0.1) is 5.56 Å². The molecule has 0 saturated carbocycles. The van der Waals surface area contributed by atoms with Crippen LogP contribution in [0.2, 0.25) is 0 Å². The van der Waals surface area contributed by atoms with Crippen LogP contribution in [0.3, 0.4) is 0 Å². The Morgan fingerprint density at radius 3 is 2.57 bits per heavy atom. The molecule has 3 aromatic rings. The molecule has 5 heteroatoms. The second kappa shape index (κ2) is 6.95. The largest absolute Gasteiger partial charge is 0.455 e. The minimum absolute atomic E-state index is 0.0893. The molecule has 0 fully saturated rings. The van der Waals surface area contributed by atoms with Crippen LogP contribution in [-0.4, -0.2) is 11.0 Å². The third kappa shape index (κ3) is 3.61. The van der Waals surface area contributed by atoms with Crippen molar-refractivity contribution >= 4 is 28.6 Å². The van der Waals surface area contributed by atoms with Crippen LogP contribution in [0.15, 0.2) is 59.0 Å². The number of nitrogens with zero attached hydrogens (tertiary/aromatic N) is 1. The minimum Gasteiger partial charge on any atom is -0.455 e. The monoisotopic (exact) mass is 419 g/mol. The zero-order chi connectivity index (χ0) is 16.2. The van der Waals surface area contributed by atoms with Gasteiger partial charge in [0.15, 0.2) is 0 Å². The Hall–Kier alpha value is -2.15. The van der Waals surface area contributed by atoms with E-state index in [9.17, 15) is 4.79 Å². The van der Waals surface area contributed by atoms with Gasteiger partial charge >= 0.3 is 5.97 Å². The normalized spacial score (nSPS) is 10.5. The van der Waals surface area contributed by atoms with Crippen LogP contribution in [0.5, 0.6) is 0 Å². The molecular formula is C18H14INO3. The van der Waals surface area contributed by atoms with Gasteiger partial charge in [0.25, 0.3) is 0 Å². The molecule has 0 radical (unpaired) electrons. The summed E-state index contributed by atoms with van der Waals surface area (Å²) < 4.78 is 11.9. The standard InChI is InChI=1S/C18H14INO3/c1-12-16(20-17(23-12)13-7-3-2-4-8-13)11-22-18(21)14-9-5-6-10-15(14)19/h2-10H,11H2,1H3. The molecule has 0 saturated heterocycles. The lowest BCUT2D eigenvalue weighted by atomic mass is 10.2. The van der Waals surface area contributed by atoms with Gasteiger partial charge in [-0.3, -0.25) is 0 Å². The quantitative estimate of drug-likeness (QED) is 0.458. The van der Waals surface area contributed by atoms with Crippen LogP contribution < -0.4 is 0 Å². The van der Waals surface area contributed by atoms with Crippen molar-refractivity contribution in [1.29, 1.82) is 0 Å². The number of carbonyl (C=O) groups excluding carboxylic acids is 1. The molecule has 0 amide bonds. The molecule has 4 nitrogen and oxygen atoms in total. The summed E-state index contributed by atoms with van der Waals surface area (Å²) in [5, 5.41) is 0. The number of ether oxygens (including phenoxy) is 1. The fourth-order valence-electron chi connectivity index (χ4n) is 2.10. The number of oxazole rings is 1. The van der Waals surface area contributed by atoms with E-state index in [-0.39, 0.29) is 12.6 Å². The summed E-state index contributed by atoms with van der Waals surface area (Å²) in [4.78, 5) is 16.6. The maximum atomic E-state index is 12.1. The number of carbonyl (C=O) groups is 1. The molecular weight excluding hydrogens is 405 g/mol. The van der Waals surface area contributed by atoms with Crippen LogP contribution in [0.1, 0.15) is 21.8 Å². The summed E-state index contributed by atoms with van der Waals surface area (Å²) in [6, 6.07) is 16.9. The van der Waals surface area contributed by atoms with E-state index in [4.69, 9.17) is 9.15 Å². The van der Waals surface area contributed by atoms with Gasteiger partial charge in [-0.25, -0.2) is 9.78 Å². The highest BCUT2D eigenvalue weighted by atomic mass is 127. The molecule has 0 unspecified atom stereocenters. The van der Waals surface area contributed by atoms with Gasteiger partial charge in [-0.2, -0.15) is 0 Å². The van der Waals surface area contributed by atoms with Gasteiger partial charge in [0.2, 0.25) is 5.89 Å². The molecule has 2 aromatic carbocycles. The molecule has 0 bridgehead atoms. The first-order valence-electron chi connectivity index (χ1n) is 7.08. The van der Waals surface area contributed by atoms with E-state index in [1.165, 1.54) is 0 Å².